The average molecular weight is 550 g/mol. The number of non-ortho nitro benzene ring substituents is 1. The molecule has 1 heterocycles. The number of likely N-dealkylation sites (N-methyl/N-ethyl adjacent to an activating group) is 3. The predicted octanol–water partition coefficient (Wildman–Crippen LogP) is 1.67. The van der Waals surface area contributed by atoms with Crippen LogP contribution < -0.4 is 4.74 Å². The number of aromatic nitrogens is 1. The second-order valence-electron chi connectivity index (χ2n) is 8.55. The molecule has 2 aromatic rings. The molecule has 0 radical (unpaired) electrons. The van der Waals surface area contributed by atoms with E-state index in [0.29, 0.717) is 19.6 Å². The van der Waals surface area contributed by atoms with Crippen LogP contribution in [0.5, 0.6) is 5.75 Å². The maximum absolute atomic E-state index is 11.7. The molecular weight excluding hydrogens is 514 g/mol. The van der Waals surface area contributed by atoms with Gasteiger partial charge in [-0.2, -0.15) is 0 Å². The van der Waals surface area contributed by atoms with Crippen molar-refractivity contribution in [2.24, 2.45) is 0 Å². The first-order chi connectivity index (χ1) is 18.4. The van der Waals surface area contributed by atoms with Crippen molar-refractivity contribution in [1.29, 1.82) is 0 Å². The fraction of sp³-hybridized carbons (Fsp3) is 0.440. The Morgan fingerprint density at radius 1 is 1.05 bits per heavy atom. The summed E-state index contributed by atoms with van der Waals surface area (Å²) in [7, 11) is 4.50. The van der Waals surface area contributed by atoms with Crippen LogP contribution in [0.2, 0.25) is 0 Å². The zero-order chi connectivity index (χ0) is 29.5. The summed E-state index contributed by atoms with van der Waals surface area (Å²) in [6.07, 6.45) is 1.71. The summed E-state index contributed by atoms with van der Waals surface area (Å²) in [6.45, 7) is 3.67. The first-order valence-corrected chi connectivity index (χ1v) is 11.9. The van der Waals surface area contributed by atoms with Crippen molar-refractivity contribution in [3.63, 3.8) is 0 Å². The molecule has 1 atom stereocenters. The highest BCUT2D eigenvalue weighted by atomic mass is 16.6. The number of pyridine rings is 1. The molecule has 1 unspecified atom stereocenters. The van der Waals surface area contributed by atoms with Gasteiger partial charge in [0.2, 0.25) is 0 Å². The molecule has 0 bridgehead atoms. The quantitative estimate of drug-likeness (QED) is 0.215. The third kappa shape index (κ3) is 11.8. The molecule has 2 rings (SSSR count). The highest BCUT2D eigenvalue weighted by Crippen LogP contribution is 2.32. The fourth-order valence-electron chi connectivity index (χ4n) is 3.57. The highest BCUT2D eigenvalue weighted by Gasteiger charge is 2.29. The smallest absolute Gasteiger partial charge is 0.325 e. The summed E-state index contributed by atoms with van der Waals surface area (Å²) in [5, 5.41) is 37.9. The number of hydrogen-bond acceptors (Lipinski definition) is 10. The van der Waals surface area contributed by atoms with Gasteiger partial charge in [0, 0.05) is 43.5 Å². The fourth-order valence-corrected chi connectivity index (χ4v) is 3.57. The second kappa shape index (κ2) is 16.7. The van der Waals surface area contributed by atoms with Crippen molar-refractivity contribution in [2.45, 2.75) is 19.5 Å². The minimum absolute atomic E-state index is 0.0626. The summed E-state index contributed by atoms with van der Waals surface area (Å²) in [6, 6.07) is 8.23. The molecule has 0 aliphatic carbocycles. The number of hydrogen-bond donors (Lipinski definition) is 3. The maximum Gasteiger partial charge on any atom is 0.325 e. The van der Waals surface area contributed by atoms with Crippen LogP contribution in [0.3, 0.4) is 0 Å². The maximum atomic E-state index is 11.7. The van der Waals surface area contributed by atoms with Crippen molar-refractivity contribution in [3.8, 4) is 5.75 Å². The molecule has 14 nitrogen and oxygen atoms in total. The van der Waals surface area contributed by atoms with Gasteiger partial charge in [-0.25, -0.2) is 0 Å². The molecule has 1 aromatic heterocycles. The van der Waals surface area contributed by atoms with Gasteiger partial charge in [0.1, 0.15) is 11.8 Å². The lowest BCUT2D eigenvalue weighted by Gasteiger charge is -2.27. The molecule has 0 amide bonds. The standard InChI is InChI=1S/C15H21N3O7.C10H14N2O2/c1-16(9-13(19)20)6-7-17(2)14(15(21)22)11-8-10(18(23)24)4-5-12(11)25-3;1-2-12(8-10(13)14)7-9-5-3-4-6-11-9/h4-5,8,14H,6-7,9H2,1-3H3,(H,19,20)(H,21,22);3-6H,2,7-8H2,1H3,(H,13,14). The van der Waals surface area contributed by atoms with Crippen molar-refractivity contribution in [1.82, 2.24) is 19.7 Å². The van der Waals surface area contributed by atoms with Gasteiger partial charge in [-0.3, -0.25) is 44.2 Å². The van der Waals surface area contributed by atoms with Crippen LogP contribution in [0.1, 0.15) is 24.2 Å². The van der Waals surface area contributed by atoms with E-state index in [-0.39, 0.29) is 36.6 Å². The summed E-state index contributed by atoms with van der Waals surface area (Å²) in [5.41, 5.74) is 0.821. The van der Waals surface area contributed by atoms with Gasteiger partial charge in [0.15, 0.2) is 0 Å². The van der Waals surface area contributed by atoms with Crippen LogP contribution >= 0.6 is 0 Å². The summed E-state index contributed by atoms with van der Waals surface area (Å²) in [4.78, 5) is 52.2. The molecule has 39 heavy (non-hydrogen) atoms. The van der Waals surface area contributed by atoms with Gasteiger partial charge in [0.05, 0.1) is 30.8 Å². The zero-order valence-electron chi connectivity index (χ0n) is 22.4. The van der Waals surface area contributed by atoms with Crippen molar-refractivity contribution >= 4 is 23.6 Å². The number of ether oxygens (including phenoxy) is 1. The van der Waals surface area contributed by atoms with Gasteiger partial charge in [-0.1, -0.05) is 13.0 Å². The zero-order valence-corrected chi connectivity index (χ0v) is 22.4. The molecule has 0 spiro atoms. The Kier molecular flexibility index (Phi) is 14.0. The highest BCUT2D eigenvalue weighted by molar-refractivity contribution is 5.77. The number of nitro benzene ring substituents is 1. The minimum Gasteiger partial charge on any atom is -0.496 e. The van der Waals surface area contributed by atoms with E-state index in [2.05, 4.69) is 4.98 Å². The van der Waals surface area contributed by atoms with E-state index in [0.717, 1.165) is 5.69 Å². The molecular formula is C25H35N5O9. The van der Waals surface area contributed by atoms with Crippen molar-refractivity contribution in [2.75, 3.05) is 53.9 Å². The summed E-state index contributed by atoms with van der Waals surface area (Å²) in [5.74, 6) is -2.76. The third-order valence-corrected chi connectivity index (χ3v) is 5.55. The Morgan fingerprint density at radius 2 is 1.72 bits per heavy atom. The number of nitrogens with zero attached hydrogens (tertiary/aromatic N) is 5. The van der Waals surface area contributed by atoms with Crippen LogP contribution in [0.15, 0.2) is 42.6 Å². The lowest BCUT2D eigenvalue weighted by molar-refractivity contribution is -0.385. The molecule has 0 saturated heterocycles. The first kappa shape index (κ1) is 32.9. The second-order valence-corrected chi connectivity index (χ2v) is 8.55. The molecule has 0 aliphatic heterocycles. The molecule has 214 valence electrons. The van der Waals surface area contributed by atoms with E-state index in [1.54, 1.807) is 20.3 Å². The Bertz CT molecular complexity index is 1100. The van der Waals surface area contributed by atoms with Crippen LogP contribution in [0.25, 0.3) is 0 Å². The molecule has 14 heteroatoms. The monoisotopic (exact) mass is 549 g/mol. The third-order valence-electron chi connectivity index (χ3n) is 5.55. The topological polar surface area (TPSA) is 187 Å². The van der Waals surface area contributed by atoms with Gasteiger partial charge < -0.3 is 20.1 Å². The average Bonchev–Trinajstić information content (AvgIpc) is 2.87. The van der Waals surface area contributed by atoms with E-state index in [9.17, 15) is 29.6 Å². The Morgan fingerprint density at radius 3 is 2.21 bits per heavy atom. The number of benzene rings is 1. The molecule has 0 fully saturated rings. The molecule has 3 N–H and O–H groups in total. The Balaban J connectivity index is 0.000000457. The first-order valence-electron chi connectivity index (χ1n) is 11.9. The molecule has 1 aromatic carbocycles. The Labute approximate surface area is 226 Å². The van der Waals surface area contributed by atoms with Crippen LogP contribution in [-0.4, -0.2) is 112 Å². The van der Waals surface area contributed by atoms with E-state index in [4.69, 9.17) is 14.9 Å². The normalized spacial score (nSPS) is 11.6. The largest absolute Gasteiger partial charge is 0.496 e. The number of nitro groups is 1. The number of carboxylic acids is 3. The number of carboxylic acid groups (broad SMARTS) is 3. The molecule has 0 saturated carbocycles. The van der Waals surface area contributed by atoms with Gasteiger partial charge in [-0.05, 0) is 38.8 Å². The van der Waals surface area contributed by atoms with E-state index < -0.39 is 28.9 Å². The van der Waals surface area contributed by atoms with Gasteiger partial charge in [0.25, 0.3) is 5.69 Å². The van der Waals surface area contributed by atoms with Crippen LogP contribution in [0, 0.1) is 10.1 Å². The minimum atomic E-state index is -1.19. The number of carbonyl (C=O) groups is 3. The number of aliphatic carboxylic acids is 3. The summed E-state index contributed by atoms with van der Waals surface area (Å²) < 4.78 is 5.14. The van der Waals surface area contributed by atoms with Gasteiger partial charge in [-0.15, -0.1) is 0 Å². The van der Waals surface area contributed by atoms with Crippen molar-refractivity contribution in [3.05, 3.63) is 64.0 Å². The van der Waals surface area contributed by atoms with E-state index in [1.165, 1.54) is 35.1 Å². The number of methoxy groups -OCH3 is 1. The predicted molar refractivity (Wildman–Crippen MR) is 141 cm³/mol. The van der Waals surface area contributed by atoms with Gasteiger partial charge >= 0.3 is 17.9 Å². The Hall–Kier alpha value is -4.14. The summed E-state index contributed by atoms with van der Waals surface area (Å²) >= 11 is 0. The molecule has 0 aliphatic rings. The SMILES string of the molecule is CCN(CC(=O)O)Cc1ccccn1.COc1ccc([N+](=O)[O-])cc1C(C(=O)O)N(C)CCN(C)CC(=O)O. The lowest BCUT2D eigenvalue weighted by Crippen LogP contribution is -2.38. The van der Waals surface area contributed by atoms with E-state index in [1.807, 2.05) is 30.0 Å². The van der Waals surface area contributed by atoms with Crippen LogP contribution in [0.4, 0.5) is 5.69 Å². The number of rotatable bonds is 15. The lowest BCUT2D eigenvalue weighted by atomic mass is 10.0. The van der Waals surface area contributed by atoms with E-state index >= 15 is 0 Å². The van der Waals surface area contributed by atoms with Crippen molar-refractivity contribution < 1.29 is 39.4 Å². The van der Waals surface area contributed by atoms with Crippen LogP contribution in [-0.2, 0) is 20.9 Å².